The smallest absolute Gasteiger partial charge is 0.246 e. The number of fused-ring (bicyclic) bond motifs is 1. The van der Waals surface area contributed by atoms with Crippen molar-refractivity contribution in [1.29, 1.82) is 0 Å². The van der Waals surface area contributed by atoms with Crippen LogP contribution in [0.1, 0.15) is 38.7 Å². The Kier molecular flexibility index (Phi) is 5.66. The molecule has 2 N–H and O–H groups in total. The fourth-order valence-electron chi connectivity index (χ4n) is 2.83. The van der Waals surface area contributed by atoms with E-state index in [2.05, 4.69) is 36.6 Å². The van der Waals surface area contributed by atoms with Gasteiger partial charge in [-0.2, -0.15) is 0 Å². The zero-order valence-corrected chi connectivity index (χ0v) is 15.5. The average molecular weight is 354 g/mol. The summed E-state index contributed by atoms with van der Waals surface area (Å²) in [7, 11) is 0. The predicted octanol–water partition coefficient (Wildman–Crippen LogP) is 4.41. The highest BCUT2D eigenvalue weighted by atomic mass is 16.6. The second-order valence-corrected chi connectivity index (χ2v) is 6.65. The van der Waals surface area contributed by atoms with E-state index in [9.17, 15) is 4.79 Å². The summed E-state index contributed by atoms with van der Waals surface area (Å²) in [6, 6.07) is 13.3. The molecule has 0 saturated heterocycles. The third-order valence-electron chi connectivity index (χ3n) is 4.68. The van der Waals surface area contributed by atoms with E-state index in [4.69, 9.17) is 9.47 Å². The minimum atomic E-state index is -0.363. The fraction of sp³-hybridized carbons (Fsp3) is 0.381. The van der Waals surface area contributed by atoms with Gasteiger partial charge in [-0.25, -0.2) is 0 Å². The molecule has 0 fully saturated rings. The molecule has 5 heteroatoms. The van der Waals surface area contributed by atoms with E-state index >= 15 is 0 Å². The standard InChI is InChI=1S/C21H26N2O3/c1-4-14(2)16-5-7-17(8-6-16)22-15(3)21(24)23-18-9-10-19-20(13-18)26-12-11-25-19/h5-10,13-15,22H,4,11-12H2,1-3H3,(H,23,24)/t14-,15+/m1/s1. The molecule has 26 heavy (non-hydrogen) atoms. The lowest BCUT2D eigenvalue weighted by Crippen LogP contribution is -2.31. The number of rotatable bonds is 6. The largest absolute Gasteiger partial charge is 0.486 e. The maximum absolute atomic E-state index is 12.5. The second kappa shape index (κ2) is 8.13. The van der Waals surface area contributed by atoms with Crippen molar-refractivity contribution in [3.63, 3.8) is 0 Å². The molecule has 1 amide bonds. The lowest BCUT2D eigenvalue weighted by molar-refractivity contribution is -0.116. The van der Waals surface area contributed by atoms with Gasteiger partial charge < -0.3 is 20.1 Å². The summed E-state index contributed by atoms with van der Waals surface area (Å²) in [5, 5.41) is 6.15. The van der Waals surface area contributed by atoms with Gasteiger partial charge >= 0.3 is 0 Å². The van der Waals surface area contributed by atoms with Crippen LogP contribution in [0, 0.1) is 0 Å². The Morgan fingerprint density at radius 2 is 1.65 bits per heavy atom. The van der Waals surface area contributed by atoms with Crippen molar-refractivity contribution in [3.8, 4) is 11.5 Å². The minimum absolute atomic E-state index is 0.104. The third-order valence-corrected chi connectivity index (χ3v) is 4.68. The molecule has 2 aromatic rings. The van der Waals surface area contributed by atoms with Crippen LogP contribution in [0.15, 0.2) is 42.5 Å². The monoisotopic (exact) mass is 354 g/mol. The van der Waals surface area contributed by atoms with Gasteiger partial charge in [-0.3, -0.25) is 4.79 Å². The van der Waals surface area contributed by atoms with Gasteiger partial charge in [0.25, 0.3) is 0 Å². The predicted molar refractivity (Wildman–Crippen MR) is 104 cm³/mol. The molecule has 0 spiro atoms. The Hall–Kier alpha value is -2.69. The number of anilines is 2. The summed E-state index contributed by atoms with van der Waals surface area (Å²) < 4.78 is 11.0. The van der Waals surface area contributed by atoms with Crippen molar-refractivity contribution in [2.75, 3.05) is 23.8 Å². The lowest BCUT2D eigenvalue weighted by Gasteiger charge is -2.20. The van der Waals surface area contributed by atoms with E-state index in [1.54, 1.807) is 6.07 Å². The molecule has 1 aliphatic heterocycles. The first-order valence-corrected chi connectivity index (χ1v) is 9.14. The highest BCUT2D eigenvalue weighted by molar-refractivity contribution is 5.96. The molecule has 0 radical (unpaired) electrons. The molecule has 2 aromatic carbocycles. The second-order valence-electron chi connectivity index (χ2n) is 6.65. The Bertz CT molecular complexity index is 758. The molecule has 0 aliphatic carbocycles. The molecule has 2 atom stereocenters. The number of hydrogen-bond acceptors (Lipinski definition) is 4. The quantitative estimate of drug-likeness (QED) is 0.807. The zero-order valence-electron chi connectivity index (χ0n) is 15.5. The van der Waals surface area contributed by atoms with Crippen molar-refractivity contribution in [3.05, 3.63) is 48.0 Å². The van der Waals surface area contributed by atoms with Gasteiger partial charge in [0.2, 0.25) is 5.91 Å². The minimum Gasteiger partial charge on any atom is -0.486 e. The summed E-state index contributed by atoms with van der Waals surface area (Å²) >= 11 is 0. The summed E-state index contributed by atoms with van der Waals surface area (Å²) in [6.45, 7) is 7.31. The number of hydrogen-bond donors (Lipinski definition) is 2. The average Bonchev–Trinajstić information content (AvgIpc) is 2.67. The number of amides is 1. The fourth-order valence-corrected chi connectivity index (χ4v) is 2.83. The van der Waals surface area contributed by atoms with Crippen LogP contribution in [-0.4, -0.2) is 25.2 Å². The van der Waals surface area contributed by atoms with Gasteiger partial charge in [0.15, 0.2) is 11.5 Å². The molecular formula is C21H26N2O3. The van der Waals surface area contributed by atoms with Gasteiger partial charge in [-0.1, -0.05) is 26.0 Å². The van der Waals surface area contributed by atoms with E-state index in [0.29, 0.717) is 36.3 Å². The first-order valence-electron chi connectivity index (χ1n) is 9.14. The number of ether oxygens (including phenoxy) is 2. The third kappa shape index (κ3) is 4.28. The van der Waals surface area contributed by atoms with E-state index in [0.717, 1.165) is 12.1 Å². The summed E-state index contributed by atoms with van der Waals surface area (Å²) in [4.78, 5) is 12.5. The first kappa shape index (κ1) is 18.1. The highest BCUT2D eigenvalue weighted by Crippen LogP contribution is 2.32. The summed E-state index contributed by atoms with van der Waals surface area (Å²) in [5.74, 6) is 1.81. The summed E-state index contributed by atoms with van der Waals surface area (Å²) in [6.07, 6.45) is 1.11. The van der Waals surface area contributed by atoms with Crippen LogP contribution in [-0.2, 0) is 4.79 Å². The molecular weight excluding hydrogens is 328 g/mol. The molecule has 5 nitrogen and oxygen atoms in total. The first-order chi connectivity index (χ1) is 12.6. The van der Waals surface area contributed by atoms with Crippen LogP contribution >= 0.6 is 0 Å². The number of benzene rings is 2. The van der Waals surface area contributed by atoms with Gasteiger partial charge in [0, 0.05) is 17.4 Å². The molecule has 1 heterocycles. The van der Waals surface area contributed by atoms with Crippen LogP contribution < -0.4 is 20.1 Å². The van der Waals surface area contributed by atoms with E-state index in [1.807, 2.05) is 31.2 Å². The van der Waals surface area contributed by atoms with Crippen LogP contribution in [0.2, 0.25) is 0 Å². The Balaban J connectivity index is 1.59. The number of carbonyl (C=O) groups excluding carboxylic acids is 1. The topological polar surface area (TPSA) is 59.6 Å². The Morgan fingerprint density at radius 1 is 1.00 bits per heavy atom. The van der Waals surface area contributed by atoms with Crippen molar-refractivity contribution < 1.29 is 14.3 Å². The van der Waals surface area contributed by atoms with Crippen LogP contribution in [0.4, 0.5) is 11.4 Å². The van der Waals surface area contributed by atoms with Gasteiger partial charge in [-0.15, -0.1) is 0 Å². The molecule has 3 rings (SSSR count). The molecule has 138 valence electrons. The number of nitrogens with one attached hydrogen (secondary N) is 2. The van der Waals surface area contributed by atoms with E-state index in [-0.39, 0.29) is 11.9 Å². The molecule has 0 bridgehead atoms. The van der Waals surface area contributed by atoms with Gasteiger partial charge in [0.05, 0.1) is 0 Å². The van der Waals surface area contributed by atoms with Crippen LogP contribution in [0.25, 0.3) is 0 Å². The zero-order chi connectivity index (χ0) is 18.5. The Labute approximate surface area is 154 Å². The number of carbonyl (C=O) groups is 1. The molecule has 0 unspecified atom stereocenters. The maximum Gasteiger partial charge on any atom is 0.246 e. The lowest BCUT2D eigenvalue weighted by atomic mass is 9.98. The Morgan fingerprint density at radius 3 is 2.35 bits per heavy atom. The van der Waals surface area contributed by atoms with Crippen molar-refractivity contribution in [2.45, 2.75) is 39.2 Å². The van der Waals surface area contributed by atoms with E-state index in [1.165, 1.54) is 5.56 Å². The molecule has 0 saturated carbocycles. The van der Waals surface area contributed by atoms with Crippen LogP contribution in [0.5, 0.6) is 11.5 Å². The van der Waals surface area contributed by atoms with E-state index < -0.39 is 0 Å². The van der Waals surface area contributed by atoms with Crippen LogP contribution in [0.3, 0.4) is 0 Å². The van der Waals surface area contributed by atoms with Crippen molar-refractivity contribution in [1.82, 2.24) is 0 Å². The van der Waals surface area contributed by atoms with Gasteiger partial charge in [-0.05, 0) is 49.1 Å². The van der Waals surface area contributed by atoms with Gasteiger partial charge in [0.1, 0.15) is 19.3 Å². The van der Waals surface area contributed by atoms with Crippen molar-refractivity contribution in [2.24, 2.45) is 0 Å². The normalized spacial score (nSPS) is 15.0. The SMILES string of the molecule is CC[C@@H](C)c1ccc(N[C@@H](C)C(=O)Nc2ccc3c(c2)OCCO3)cc1. The maximum atomic E-state index is 12.5. The molecule has 0 aromatic heterocycles. The van der Waals surface area contributed by atoms with Crippen molar-refractivity contribution >= 4 is 17.3 Å². The molecule has 1 aliphatic rings. The highest BCUT2D eigenvalue weighted by Gasteiger charge is 2.16. The summed E-state index contributed by atoms with van der Waals surface area (Å²) in [5.41, 5.74) is 2.94.